The van der Waals surface area contributed by atoms with Gasteiger partial charge >= 0.3 is 0 Å². The summed E-state index contributed by atoms with van der Waals surface area (Å²) >= 11 is 1.22. The van der Waals surface area contributed by atoms with Crippen LogP contribution in [0.2, 0.25) is 0 Å². The van der Waals surface area contributed by atoms with Crippen molar-refractivity contribution >= 4 is 23.4 Å². The molecule has 0 heterocycles. The van der Waals surface area contributed by atoms with Crippen LogP contribution in [0.5, 0.6) is 0 Å². The fraction of sp³-hybridized carbons (Fsp3) is 0.562. The molecule has 0 aromatic heterocycles. The number of halogens is 1. The summed E-state index contributed by atoms with van der Waals surface area (Å²) in [5.41, 5.74) is 5.91. The molecule has 0 unspecified atom stereocenters. The van der Waals surface area contributed by atoms with Crippen LogP contribution in [-0.2, 0) is 4.79 Å². The minimum Gasteiger partial charge on any atom is -0.399 e. The summed E-state index contributed by atoms with van der Waals surface area (Å²) in [6.45, 7) is 9.84. The molecule has 0 atom stereocenters. The molecule has 1 rings (SSSR count). The zero-order valence-corrected chi connectivity index (χ0v) is 14.0. The van der Waals surface area contributed by atoms with E-state index in [1.165, 1.54) is 17.8 Å². The highest BCUT2D eigenvalue weighted by Crippen LogP contribution is 2.24. The number of carbonyl (C=O) groups excluding carboxylic acids is 1. The standard InChI is InChI=1S/C16H25FN2OS/c1-11(2)8-19(9-12(3)4)16(20)10-21-15-6-5-13(18)7-14(15)17/h5-7,11-12H,8-10,18H2,1-4H3. The summed E-state index contributed by atoms with van der Waals surface area (Å²) in [5.74, 6) is 0.780. The molecule has 0 fully saturated rings. The molecule has 2 N–H and O–H groups in total. The second-order valence-corrected chi connectivity index (χ2v) is 7.08. The molecule has 118 valence electrons. The molecule has 0 aliphatic rings. The Morgan fingerprint density at radius 3 is 2.29 bits per heavy atom. The van der Waals surface area contributed by atoms with Crippen molar-refractivity contribution in [3.8, 4) is 0 Å². The van der Waals surface area contributed by atoms with Gasteiger partial charge in [0.25, 0.3) is 0 Å². The molecule has 21 heavy (non-hydrogen) atoms. The summed E-state index contributed by atoms with van der Waals surface area (Å²) in [6, 6.07) is 4.56. The number of hydrogen-bond donors (Lipinski definition) is 1. The van der Waals surface area contributed by atoms with Gasteiger partial charge in [-0.15, -0.1) is 11.8 Å². The molecule has 1 aromatic carbocycles. The van der Waals surface area contributed by atoms with Crippen LogP contribution in [0, 0.1) is 17.7 Å². The lowest BCUT2D eigenvalue weighted by Gasteiger charge is -2.26. The number of hydrogen-bond acceptors (Lipinski definition) is 3. The van der Waals surface area contributed by atoms with E-state index in [2.05, 4.69) is 27.7 Å². The number of nitrogen functional groups attached to an aromatic ring is 1. The molecule has 0 spiro atoms. The van der Waals surface area contributed by atoms with Crippen LogP contribution in [-0.4, -0.2) is 29.6 Å². The lowest BCUT2D eigenvalue weighted by molar-refractivity contribution is -0.129. The highest BCUT2D eigenvalue weighted by atomic mass is 32.2. The Hall–Kier alpha value is -1.23. The molecule has 5 heteroatoms. The van der Waals surface area contributed by atoms with Gasteiger partial charge in [-0.25, -0.2) is 4.39 Å². The normalized spacial score (nSPS) is 11.2. The first-order valence-corrected chi connectivity index (χ1v) is 8.23. The average molecular weight is 312 g/mol. The highest BCUT2D eigenvalue weighted by Gasteiger charge is 2.17. The number of nitrogens with zero attached hydrogens (tertiary/aromatic N) is 1. The van der Waals surface area contributed by atoms with Crippen molar-refractivity contribution in [3.63, 3.8) is 0 Å². The lowest BCUT2D eigenvalue weighted by atomic mass is 10.1. The van der Waals surface area contributed by atoms with Crippen molar-refractivity contribution in [2.24, 2.45) is 11.8 Å². The van der Waals surface area contributed by atoms with Gasteiger partial charge in [-0.1, -0.05) is 27.7 Å². The first kappa shape index (κ1) is 17.8. The number of carbonyl (C=O) groups is 1. The Kier molecular flexibility index (Phi) is 7.02. The van der Waals surface area contributed by atoms with Crippen molar-refractivity contribution in [2.45, 2.75) is 32.6 Å². The van der Waals surface area contributed by atoms with E-state index in [0.717, 1.165) is 13.1 Å². The van der Waals surface area contributed by atoms with Gasteiger partial charge in [-0.3, -0.25) is 4.79 Å². The van der Waals surface area contributed by atoms with Crippen molar-refractivity contribution in [1.82, 2.24) is 4.90 Å². The van der Waals surface area contributed by atoms with Crippen LogP contribution in [0.25, 0.3) is 0 Å². The van der Waals surface area contributed by atoms with E-state index in [1.54, 1.807) is 12.1 Å². The first-order valence-electron chi connectivity index (χ1n) is 7.25. The van der Waals surface area contributed by atoms with Crippen molar-refractivity contribution < 1.29 is 9.18 Å². The molecule has 0 saturated carbocycles. The fourth-order valence-electron chi connectivity index (χ4n) is 2.02. The van der Waals surface area contributed by atoms with Gasteiger partial charge in [0, 0.05) is 23.7 Å². The van der Waals surface area contributed by atoms with Crippen LogP contribution in [0.1, 0.15) is 27.7 Å². The van der Waals surface area contributed by atoms with Gasteiger partial charge in [-0.05, 0) is 30.0 Å². The molecule has 3 nitrogen and oxygen atoms in total. The second kappa shape index (κ2) is 8.27. The Morgan fingerprint density at radius 1 is 1.24 bits per heavy atom. The molecule has 0 radical (unpaired) electrons. The van der Waals surface area contributed by atoms with Crippen LogP contribution in [0.15, 0.2) is 23.1 Å². The smallest absolute Gasteiger partial charge is 0.232 e. The van der Waals surface area contributed by atoms with Crippen molar-refractivity contribution in [3.05, 3.63) is 24.0 Å². The average Bonchev–Trinajstić information content (AvgIpc) is 2.35. The number of anilines is 1. The van der Waals surface area contributed by atoms with Crippen LogP contribution in [0.3, 0.4) is 0 Å². The Morgan fingerprint density at radius 2 is 1.81 bits per heavy atom. The SMILES string of the molecule is CC(C)CN(CC(C)C)C(=O)CSc1ccc(N)cc1F. The van der Waals surface area contributed by atoms with Crippen molar-refractivity contribution in [1.29, 1.82) is 0 Å². The third-order valence-corrected chi connectivity index (χ3v) is 3.86. The van der Waals surface area contributed by atoms with E-state index in [4.69, 9.17) is 5.73 Å². The fourth-order valence-corrected chi connectivity index (χ4v) is 2.85. The monoisotopic (exact) mass is 312 g/mol. The van der Waals surface area contributed by atoms with Gasteiger partial charge in [0.1, 0.15) is 5.82 Å². The third kappa shape index (κ3) is 6.38. The molecule has 1 aromatic rings. The molecule has 0 bridgehead atoms. The quantitative estimate of drug-likeness (QED) is 0.617. The predicted octanol–water partition coefficient (Wildman–Crippen LogP) is 3.64. The predicted molar refractivity (Wildman–Crippen MR) is 87.8 cm³/mol. The molecule has 0 saturated heterocycles. The maximum atomic E-state index is 13.7. The van der Waals surface area contributed by atoms with E-state index in [9.17, 15) is 9.18 Å². The third-order valence-electron chi connectivity index (χ3n) is 2.83. The molecule has 1 amide bonds. The number of nitrogens with two attached hydrogens (primary N) is 1. The van der Waals surface area contributed by atoms with Crippen LogP contribution >= 0.6 is 11.8 Å². The number of rotatable bonds is 7. The minimum atomic E-state index is -0.368. The van der Waals surface area contributed by atoms with E-state index in [-0.39, 0.29) is 17.5 Å². The molecular formula is C16H25FN2OS. The van der Waals surface area contributed by atoms with E-state index in [1.807, 2.05) is 4.90 Å². The molecule has 0 aliphatic carbocycles. The van der Waals surface area contributed by atoms with Crippen LogP contribution < -0.4 is 5.73 Å². The summed E-state index contributed by atoms with van der Waals surface area (Å²) < 4.78 is 13.7. The minimum absolute atomic E-state index is 0.0543. The van der Waals surface area contributed by atoms with E-state index < -0.39 is 0 Å². The summed E-state index contributed by atoms with van der Waals surface area (Å²) in [4.78, 5) is 14.7. The van der Waals surface area contributed by atoms with Crippen LogP contribution in [0.4, 0.5) is 10.1 Å². The molecule has 0 aliphatic heterocycles. The van der Waals surface area contributed by atoms with Gasteiger partial charge in [0.05, 0.1) is 5.75 Å². The maximum absolute atomic E-state index is 13.7. The molecular weight excluding hydrogens is 287 g/mol. The topological polar surface area (TPSA) is 46.3 Å². The summed E-state index contributed by atoms with van der Waals surface area (Å²) in [7, 11) is 0. The van der Waals surface area contributed by atoms with Gasteiger partial charge in [-0.2, -0.15) is 0 Å². The Balaban J connectivity index is 2.64. The number of amides is 1. The van der Waals surface area contributed by atoms with E-state index in [0.29, 0.717) is 22.4 Å². The second-order valence-electron chi connectivity index (χ2n) is 6.06. The summed E-state index contributed by atoms with van der Waals surface area (Å²) in [5, 5.41) is 0. The summed E-state index contributed by atoms with van der Waals surface area (Å²) in [6.07, 6.45) is 0. The lowest BCUT2D eigenvalue weighted by Crippen LogP contribution is -2.38. The van der Waals surface area contributed by atoms with Gasteiger partial charge in [0.2, 0.25) is 5.91 Å². The zero-order chi connectivity index (χ0) is 16.0. The van der Waals surface area contributed by atoms with Gasteiger partial charge < -0.3 is 10.6 Å². The Labute approximate surface area is 131 Å². The highest BCUT2D eigenvalue weighted by molar-refractivity contribution is 8.00. The van der Waals surface area contributed by atoms with Crippen molar-refractivity contribution in [2.75, 3.05) is 24.6 Å². The largest absolute Gasteiger partial charge is 0.399 e. The Bertz CT molecular complexity index is 467. The number of thioether (sulfide) groups is 1. The number of benzene rings is 1. The zero-order valence-electron chi connectivity index (χ0n) is 13.2. The van der Waals surface area contributed by atoms with E-state index >= 15 is 0 Å². The van der Waals surface area contributed by atoms with Gasteiger partial charge in [0.15, 0.2) is 0 Å². The first-order chi connectivity index (χ1) is 9.79. The maximum Gasteiger partial charge on any atom is 0.232 e.